The van der Waals surface area contributed by atoms with E-state index in [1.807, 2.05) is 12.1 Å². The second kappa shape index (κ2) is 6.29. The van der Waals surface area contributed by atoms with Crippen LogP contribution in [-0.4, -0.2) is 39.4 Å². The maximum atomic E-state index is 5.53. The summed E-state index contributed by atoms with van der Waals surface area (Å²) in [4.78, 5) is 4.34. The highest BCUT2D eigenvalue weighted by molar-refractivity contribution is 6.00. The molecule has 6 nitrogen and oxygen atoms in total. The quantitative estimate of drug-likeness (QED) is 0.835. The fourth-order valence-corrected chi connectivity index (χ4v) is 2.13. The van der Waals surface area contributed by atoms with Gasteiger partial charge in [-0.15, -0.1) is 0 Å². The lowest BCUT2D eigenvalue weighted by Crippen LogP contribution is -2.14. The van der Waals surface area contributed by atoms with Crippen molar-refractivity contribution in [1.82, 2.24) is 4.98 Å². The Labute approximate surface area is 117 Å². The Hall–Kier alpha value is -2.21. The van der Waals surface area contributed by atoms with E-state index in [4.69, 9.17) is 19.9 Å². The van der Waals surface area contributed by atoms with Gasteiger partial charge in [0.15, 0.2) is 11.5 Å². The lowest BCUT2D eigenvalue weighted by atomic mass is 10.1. The molecule has 0 unspecified atom stereocenters. The SMILES string of the molecule is COc1cc2ccnc(NCCN)c2c(OC)c1OC. The van der Waals surface area contributed by atoms with E-state index in [1.54, 1.807) is 27.5 Å². The van der Waals surface area contributed by atoms with E-state index in [0.717, 1.165) is 10.8 Å². The third-order valence-corrected chi connectivity index (χ3v) is 2.99. The van der Waals surface area contributed by atoms with E-state index < -0.39 is 0 Å². The molecule has 0 aliphatic carbocycles. The molecule has 0 fully saturated rings. The Morgan fingerprint density at radius 2 is 1.90 bits per heavy atom. The Morgan fingerprint density at radius 3 is 2.50 bits per heavy atom. The molecule has 0 atom stereocenters. The molecular weight excluding hydrogens is 258 g/mol. The van der Waals surface area contributed by atoms with Crippen LogP contribution in [0.1, 0.15) is 0 Å². The van der Waals surface area contributed by atoms with Crippen LogP contribution in [0.5, 0.6) is 17.2 Å². The third-order valence-electron chi connectivity index (χ3n) is 2.99. The molecule has 108 valence electrons. The number of rotatable bonds is 6. The van der Waals surface area contributed by atoms with Gasteiger partial charge in [-0.3, -0.25) is 0 Å². The minimum Gasteiger partial charge on any atom is -0.493 e. The molecule has 1 heterocycles. The van der Waals surface area contributed by atoms with E-state index >= 15 is 0 Å². The summed E-state index contributed by atoms with van der Waals surface area (Å²) in [5.41, 5.74) is 5.53. The number of anilines is 1. The van der Waals surface area contributed by atoms with Crippen LogP contribution in [-0.2, 0) is 0 Å². The number of fused-ring (bicyclic) bond motifs is 1. The molecule has 2 aromatic rings. The highest BCUT2D eigenvalue weighted by Gasteiger charge is 2.18. The highest BCUT2D eigenvalue weighted by atomic mass is 16.5. The van der Waals surface area contributed by atoms with Crippen molar-refractivity contribution in [2.75, 3.05) is 39.7 Å². The third kappa shape index (κ3) is 2.42. The maximum Gasteiger partial charge on any atom is 0.204 e. The van der Waals surface area contributed by atoms with Crippen LogP contribution in [0.3, 0.4) is 0 Å². The minimum atomic E-state index is 0.522. The molecule has 0 aliphatic rings. The summed E-state index contributed by atoms with van der Waals surface area (Å²) < 4.78 is 16.2. The fourth-order valence-electron chi connectivity index (χ4n) is 2.13. The predicted octanol–water partition coefficient (Wildman–Crippen LogP) is 1.63. The number of aromatic nitrogens is 1. The summed E-state index contributed by atoms with van der Waals surface area (Å²) in [6.45, 7) is 1.15. The van der Waals surface area contributed by atoms with E-state index in [9.17, 15) is 0 Å². The first-order valence-corrected chi connectivity index (χ1v) is 6.28. The molecule has 2 rings (SSSR count). The van der Waals surface area contributed by atoms with Crippen molar-refractivity contribution in [2.45, 2.75) is 0 Å². The van der Waals surface area contributed by atoms with Crippen molar-refractivity contribution in [2.24, 2.45) is 5.73 Å². The maximum absolute atomic E-state index is 5.53. The van der Waals surface area contributed by atoms with E-state index in [1.165, 1.54) is 0 Å². The number of nitrogens with one attached hydrogen (secondary N) is 1. The van der Waals surface area contributed by atoms with Crippen LogP contribution in [0.15, 0.2) is 18.3 Å². The van der Waals surface area contributed by atoms with Crippen molar-refractivity contribution >= 4 is 16.6 Å². The molecule has 0 spiro atoms. The second-order valence-corrected chi connectivity index (χ2v) is 4.12. The smallest absolute Gasteiger partial charge is 0.204 e. The van der Waals surface area contributed by atoms with Gasteiger partial charge in [-0.25, -0.2) is 4.98 Å². The van der Waals surface area contributed by atoms with Crippen LogP contribution in [0.4, 0.5) is 5.82 Å². The molecular formula is C14H19N3O3. The molecule has 3 N–H and O–H groups in total. The molecule has 0 aliphatic heterocycles. The number of benzene rings is 1. The molecule has 6 heteroatoms. The van der Waals surface area contributed by atoms with Gasteiger partial charge in [0.2, 0.25) is 5.75 Å². The number of hydrogen-bond donors (Lipinski definition) is 2. The Bertz CT molecular complexity index is 602. The van der Waals surface area contributed by atoms with Gasteiger partial charge in [0.1, 0.15) is 5.82 Å². The molecule has 0 amide bonds. The summed E-state index contributed by atoms with van der Waals surface area (Å²) >= 11 is 0. The van der Waals surface area contributed by atoms with E-state index in [2.05, 4.69) is 10.3 Å². The average Bonchev–Trinajstić information content (AvgIpc) is 2.50. The van der Waals surface area contributed by atoms with Gasteiger partial charge < -0.3 is 25.3 Å². The fraction of sp³-hybridized carbons (Fsp3) is 0.357. The Balaban J connectivity index is 2.72. The number of pyridine rings is 1. The summed E-state index contributed by atoms with van der Waals surface area (Å²) in [7, 11) is 4.77. The highest BCUT2D eigenvalue weighted by Crippen LogP contribution is 2.45. The Morgan fingerprint density at radius 1 is 1.15 bits per heavy atom. The summed E-state index contributed by atoms with van der Waals surface area (Å²) in [6.07, 6.45) is 1.73. The summed E-state index contributed by atoms with van der Waals surface area (Å²) in [6, 6.07) is 3.79. The van der Waals surface area contributed by atoms with Gasteiger partial charge in [0.25, 0.3) is 0 Å². The lowest BCUT2D eigenvalue weighted by Gasteiger charge is -2.16. The van der Waals surface area contributed by atoms with Gasteiger partial charge in [-0.1, -0.05) is 0 Å². The number of nitrogens with zero attached hydrogens (tertiary/aromatic N) is 1. The first kappa shape index (κ1) is 14.2. The monoisotopic (exact) mass is 277 g/mol. The van der Waals surface area contributed by atoms with Crippen molar-refractivity contribution < 1.29 is 14.2 Å². The van der Waals surface area contributed by atoms with Crippen molar-refractivity contribution in [1.29, 1.82) is 0 Å². The van der Waals surface area contributed by atoms with Crippen LogP contribution >= 0.6 is 0 Å². The van der Waals surface area contributed by atoms with Crippen molar-refractivity contribution in [3.05, 3.63) is 18.3 Å². The van der Waals surface area contributed by atoms with Crippen molar-refractivity contribution in [3.63, 3.8) is 0 Å². The number of nitrogens with two attached hydrogens (primary N) is 1. The zero-order chi connectivity index (χ0) is 14.5. The molecule has 0 saturated heterocycles. The largest absolute Gasteiger partial charge is 0.493 e. The molecule has 0 radical (unpaired) electrons. The number of ether oxygens (including phenoxy) is 3. The van der Waals surface area contributed by atoms with Crippen LogP contribution in [0.25, 0.3) is 10.8 Å². The average molecular weight is 277 g/mol. The topological polar surface area (TPSA) is 78.6 Å². The summed E-state index contributed by atoms with van der Waals surface area (Å²) in [5.74, 6) is 2.47. The standard InChI is InChI=1S/C14H19N3O3/c1-18-10-8-9-4-6-16-14(17-7-5-15)11(9)13(20-3)12(10)19-2/h4,6,8H,5,7,15H2,1-3H3,(H,16,17). The molecule has 0 bridgehead atoms. The first-order chi connectivity index (χ1) is 9.76. The van der Waals surface area contributed by atoms with E-state index in [0.29, 0.717) is 36.2 Å². The first-order valence-electron chi connectivity index (χ1n) is 6.28. The van der Waals surface area contributed by atoms with E-state index in [-0.39, 0.29) is 0 Å². The van der Waals surface area contributed by atoms with Crippen LogP contribution < -0.4 is 25.3 Å². The van der Waals surface area contributed by atoms with Crippen LogP contribution in [0.2, 0.25) is 0 Å². The minimum absolute atomic E-state index is 0.522. The number of hydrogen-bond acceptors (Lipinski definition) is 6. The normalized spacial score (nSPS) is 10.4. The van der Waals surface area contributed by atoms with Crippen LogP contribution in [0, 0.1) is 0 Å². The Kier molecular flexibility index (Phi) is 4.47. The predicted molar refractivity (Wildman–Crippen MR) is 78.9 cm³/mol. The van der Waals surface area contributed by atoms with Gasteiger partial charge in [0, 0.05) is 19.3 Å². The van der Waals surface area contributed by atoms with Gasteiger partial charge in [-0.2, -0.15) is 0 Å². The summed E-state index contributed by atoms with van der Waals surface area (Å²) in [5, 5.41) is 4.99. The van der Waals surface area contributed by atoms with Gasteiger partial charge in [0.05, 0.1) is 26.7 Å². The van der Waals surface area contributed by atoms with Crippen molar-refractivity contribution in [3.8, 4) is 17.2 Å². The van der Waals surface area contributed by atoms with Gasteiger partial charge in [-0.05, 0) is 17.5 Å². The number of methoxy groups -OCH3 is 3. The molecule has 0 saturated carbocycles. The zero-order valence-electron chi connectivity index (χ0n) is 11.9. The second-order valence-electron chi connectivity index (χ2n) is 4.12. The lowest BCUT2D eigenvalue weighted by molar-refractivity contribution is 0.327. The molecule has 1 aromatic heterocycles. The zero-order valence-corrected chi connectivity index (χ0v) is 11.9. The molecule has 20 heavy (non-hydrogen) atoms. The van der Waals surface area contributed by atoms with Gasteiger partial charge >= 0.3 is 0 Å². The molecule has 1 aromatic carbocycles.